The van der Waals surface area contributed by atoms with Gasteiger partial charge in [0.2, 0.25) is 0 Å². The number of aromatic nitrogens is 3. The number of amides is 1. The van der Waals surface area contributed by atoms with Crippen molar-refractivity contribution in [3.63, 3.8) is 0 Å². The lowest BCUT2D eigenvalue weighted by Crippen LogP contribution is -2.24. The normalized spacial score (nSPS) is 10.1. The van der Waals surface area contributed by atoms with E-state index in [1.807, 2.05) is 36.4 Å². The number of hydrogen-bond donors (Lipinski definition) is 2. The highest BCUT2D eigenvalue weighted by Crippen LogP contribution is 2.18. The second-order valence-corrected chi connectivity index (χ2v) is 5.18. The number of rotatable bonds is 6. The average molecular weight is 335 g/mol. The molecule has 25 heavy (non-hydrogen) atoms. The maximum absolute atomic E-state index is 12.1. The van der Waals surface area contributed by atoms with E-state index in [0.29, 0.717) is 12.4 Å². The molecule has 0 aliphatic rings. The third kappa shape index (κ3) is 4.51. The molecule has 0 radical (unpaired) electrons. The summed E-state index contributed by atoms with van der Waals surface area (Å²) < 4.78 is 5.11. The van der Waals surface area contributed by atoms with Crippen LogP contribution in [0, 0.1) is 0 Å². The monoisotopic (exact) mass is 335 g/mol. The molecule has 7 heteroatoms. The molecule has 0 atom stereocenters. The van der Waals surface area contributed by atoms with E-state index >= 15 is 0 Å². The van der Waals surface area contributed by atoms with Crippen molar-refractivity contribution < 1.29 is 9.53 Å². The van der Waals surface area contributed by atoms with E-state index in [1.165, 1.54) is 12.4 Å². The first-order valence-electron chi connectivity index (χ1n) is 7.65. The predicted molar refractivity (Wildman–Crippen MR) is 93.7 cm³/mol. The highest BCUT2D eigenvalue weighted by molar-refractivity contribution is 5.92. The Labute approximate surface area is 145 Å². The van der Waals surface area contributed by atoms with Gasteiger partial charge in [0.15, 0.2) is 0 Å². The molecule has 126 valence electrons. The molecule has 0 fully saturated rings. The van der Waals surface area contributed by atoms with E-state index in [0.717, 1.165) is 17.0 Å². The van der Waals surface area contributed by atoms with E-state index in [1.54, 1.807) is 19.5 Å². The molecule has 0 bridgehead atoms. The zero-order valence-corrected chi connectivity index (χ0v) is 13.6. The van der Waals surface area contributed by atoms with Crippen molar-refractivity contribution in [3.8, 4) is 5.75 Å². The van der Waals surface area contributed by atoms with Crippen LogP contribution in [0.25, 0.3) is 0 Å². The molecular weight excluding hydrogens is 318 g/mol. The van der Waals surface area contributed by atoms with Gasteiger partial charge in [-0.2, -0.15) is 0 Å². The lowest BCUT2D eigenvalue weighted by atomic mass is 10.3. The van der Waals surface area contributed by atoms with Crippen LogP contribution in [0.3, 0.4) is 0 Å². The maximum Gasteiger partial charge on any atom is 0.271 e. The largest absolute Gasteiger partial charge is 0.497 e. The van der Waals surface area contributed by atoms with Crippen molar-refractivity contribution in [2.24, 2.45) is 0 Å². The van der Waals surface area contributed by atoms with E-state index in [9.17, 15) is 4.79 Å². The van der Waals surface area contributed by atoms with Gasteiger partial charge in [-0.15, -0.1) is 0 Å². The fraction of sp³-hybridized carbons (Fsp3) is 0.111. The first-order valence-corrected chi connectivity index (χ1v) is 7.65. The zero-order chi connectivity index (χ0) is 17.5. The molecule has 1 amide bonds. The van der Waals surface area contributed by atoms with Crippen LogP contribution in [-0.2, 0) is 6.54 Å². The summed E-state index contributed by atoms with van der Waals surface area (Å²) in [6.45, 7) is 0.389. The van der Waals surface area contributed by atoms with E-state index in [-0.39, 0.29) is 11.6 Å². The van der Waals surface area contributed by atoms with Gasteiger partial charge in [-0.1, -0.05) is 6.07 Å². The van der Waals surface area contributed by atoms with Crippen LogP contribution in [0.1, 0.15) is 16.1 Å². The molecule has 3 aromatic rings. The minimum atomic E-state index is -0.285. The summed E-state index contributed by atoms with van der Waals surface area (Å²) in [5, 5.41) is 5.89. The molecule has 2 aromatic heterocycles. The Morgan fingerprint density at radius 2 is 1.92 bits per heavy atom. The first-order chi connectivity index (χ1) is 12.2. The second-order valence-electron chi connectivity index (χ2n) is 5.18. The van der Waals surface area contributed by atoms with E-state index < -0.39 is 0 Å². The number of ether oxygens (including phenoxy) is 1. The summed E-state index contributed by atoms with van der Waals surface area (Å²) in [6, 6.07) is 11.1. The maximum atomic E-state index is 12.1. The van der Waals surface area contributed by atoms with Crippen molar-refractivity contribution in [1.82, 2.24) is 20.3 Å². The topological polar surface area (TPSA) is 89.0 Å². The number of benzene rings is 1. The van der Waals surface area contributed by atoms with Crippen LogP contribution in [0.15, 0.2) is 61.2 Å². The quantitative estimate of drug-likeness (QED) is 0.720. The summed E-state index contributed by atoms with van der Waals surface area (Å²) in [4.78, 5) is 24.5. The summed E-state index contributed by atoms with van der Waals surface area (Å²) in [6.07, 6.45) is 6.34. The number of carbonyl (C=O) groups is 1. The predicted octanol–water partition coefficient (Wildman–Crippen LogP) is 2.55. The molecule has 0 aliphatic heterocycles. The highest BCUT2D eigenvalue weighted by Gasteiger charge is 2.08. The molecule has 7 nitrogen and oxygen atoms in total. The molecular formula is C18H17N5O2. The highest BCUT2D eigenvalue weighted by atomic mass is 16.5. The van der Waals surface area contributed by atoms with Gasteiger partial charge in [-0.05, 0) is 35.9 Å². The number of anilines is 2. The molecule has 0 spiro atoms. The molecule has 0 saturated heterocycles. The Hall–Kier alpha value is -3.48. The van der Waals surface area contributed by atoms with Crippen LogP contribution in [0.4, 0.5) is 11.5 Å². The molecule has 1 aromatic carbocycles. The van der Waals surface area contributed by atoms with Crippen molar-refractivity contribution in [2.75, 3.05) is 12.4 Å². The molecule has 0 unspecified atom stereocenters. The van der Waals surface area contributed by atoms with Gasteiger partial charge >= 0.3 is 0 Å². The van der Waals surface area contributed by atoms with Gasteiger partial charge < -0.3 is 15.4 Å². The van der Waals surface area contributed by atoms with Crippen LogP contribution < -0.4 is 15.4 Å². The molecule has 0 aliphatic carbocycles. The summed E-state index contributed by atoms with van der Waals surface area (Å²) in [7, 11) is 1.62. The first kappa shape index (κ1) is 16.4. The van der Waals surface area contributed by atoms with Crippen LogP contribution in [0.5, 0.6) is 5.75 Å². The van der Waals surface area contributed by atoms with Crippen LogP contribution >= 0.6 is 0 Å². The third-order valence-corrected chi connectivity index (χ3v) is 3.42. The van der Waals surface area contributed by atoms with Crippen LogP contribution in [0.2, 0.25) is 0 Å². The third-order valence-electron chi connectivity index (χ3n) is 3.42. The van der Waals surface area contributed by atoms with Gasteiger partial charge in [0.25, 0.3) is 5.91 Å². The zero-order valence-electron chi connectivity index (χ0n) is 13.6. The fourth-order valence-corrected chi connectivity index (χ4v) is 2.11. The van der Waals surface area contributed by atoms with E-state index in [2.05, 4.69) is 25.6 Å². The minimum absolute atomic E-state index is 0.254. The lowest BCUT2D eigenvalue weighted by molar-refractivity contribution is 0.0945. The second kappa shape index (κ2) is 7.87. The lowest BCUT2D eigenvalue weighted by Gasteiger charge is -2.07. The minimum Gasteiger partial charge on any atom is -0.497 e. The Balaban J connectivity index is 1.58. The van der Waals surface area contributed by atoms with Gasteiger partial charge in [0.1, 0.15) is 17.3 Å². The SMILES string of the molecule is COc1ccc(Nc2cnc(C(=O)NCc3cccnc3)cn2)cc1. The number of nitrogens with one attached hydrogen (secondary N) is 2. The Kier molecular flexibility index (Phi) is 5.16. The number of carbonyl (C=O) groups excluding carboxylic acids is 1. The Morgan fingerprint density at radius 3 is 2.56 bits per heavy atom. The van der Waals surface area contributed by atoms with Crippen LogP contribution in [-0.4, -0.2) is 28.0 Å². The van der Waals surface area contributed by atoms with Gasteiger partial charge in [0.05, 0.1) is 19.5 Å². The number of hydrogen-bond acceptors (Lipinski definition) is 6. The summed E-state index contributed by atoms with van der Waals surface area (Å²) >= 11 is 0. The van der Waals surface area contributed by atoms with E-state index in [4.69, 9.17) is 4.74 Å². The fourth-order valence-electron chi connectivity index (χ4n) is 2.11. The van der Waals surface area contributed by atoms with Crippen molar-refractivity contribution in [1.29, 1.82) is 0 Å². The number of methoxy groups -OCH3 is 1. The smallest absolute Gasteiger partial charge is 0.271 e. The van der Waals surface area contributed by atoms with Gasteiger partial charge in [-0.25, -0.2) is 9.97 Å². The van der Waals surface area contributed by atoms with Crippen molar-refractivity contribution in [2.45, 2.75) is 6.54 Å². The Bertz CT molecular complexity index is 820. The molecule has 0 saturated carbocycles. The van der Waals surface area contributed by atoms with Crippen molar-refractivity contribution in [3.05, 3.63) is 72.4 Å². The Morgan fingerprint density at radius 1 is 1.08 bits per heavy atom. The summed E-state index contributed by atoms with van der Waals surface area (Å²) in [5.74, 6) is 1.04. The molecule has 2 heterocycles. The standard InChI is InChI=1S/C18H17N5O2/c1-25-15-6-4-14(5-7-15)23-17-12-20-16(11-21-17)18(24)22-10-13-3-2-8-19-9-13/h2-9,11-12H,10H2,1H3,(H,21,23)(H,22,24). The number of nitrogens with zero attached hydrogens (tertiary/aromatic N) is 3. The molecule has 3 rings (SSSR count). The number of pyridine rings is 1. The van der Waals surface area contributed by atoms with Crippen molar-refractivity contribution >= 4 is 17.4 Å². The summed E-state index contributed by atoms with van der Waals surface area (Å²) in [5.41, 5.74) is 2.02. The molecule has 2 N–H and O–H groups in total. The average Bonchev–Trinajstić information content (AvgIpc) is 2.68. The van der Waals surface area contributed by atoms with Gasteiger partial charge in [0, 0.05) is 24.6 Å². The van der Waals surface area contributed by atoms with Gasteiger partial charge in [-0.3, -0.25) is 9.78 Å².